The Labute approximate surface area is 246 Å². The van der Waals surface area contributed by atoms with Crippen LogP contribution in [0.2, 0.25) is 0 Å². The number of carbonyl (C=O) groups is 1. The number of hydrogen-bond donors (Lipinski definition) is 6. The topological polar surface area (TPSA) is 117 Å². The summed E-state index contributed by atoms with van der Waals surface area (Å²) in [5, 5.41) is 21.3. The van der Waals surface area contributed by atoms with Gasteiger partial charge in [0.05, 0.1) is 23.6 Å². The van der Waals surface area contributed by atoms with E-state index >= 15 is 0 Å². The fourth-order valence-corrected chi connectivity index (χ4v) is 8.29. The minimum absolute atomic E-state index is 0. The van der Waals surface area contributed by atoms with E-state index in [-0.39, 0.29) is 18.3 Å². The predicted molar refractivity (Wildman–Crippen MR) is 167 cm³/mol. The second-order valence-electron chi connectivity index (χ2n) is 11.5. The maximum absolute atomic E-state index is 13.7. The van der Waals surface area contributed by atoms with Crippen molar-refractivity contribution < 1.29 is 19.0 Å². The smallest absolute Gasteiger partial charge is 0.251 e. The van der Waals surface area contributed by atoms with Crippen LogP contribution >= 0.6 is 23.2 Å². The highest BCUT2D eigenvalue weighted by Gasteiger charge is 2.39. The van der Waals surface area contributed by atoms with Gasteiger partial charge in [0.1, 0.15) is 0 Å². The summed E-state index contributed by atoms with van der Waals surface area (Å²) in [5.74, 6) is 1.57. The quantitative estimate of drug-likeness (QED) is 0.210. The number of halogens is 1. The normalized spacial score (nSPS) is 25.5. The lowest BCUT2D eigenvalue weighted by atomic mass is 9.94. The Kier molecular flexibility index (Phi) is 10.6. The molecule has 1 heterocycles. The summed E-state index contributed by atoms with van der Waals surface area (Å²) in [4.78, 5) is 13.7. The summed E-state index contributed by atoms with van der Waals surface area (Å²) in [6.07, 6.45) is 6.48. The lowest BCUT2D eigenvalue weighted by Gasteiger charge is -2.47. The van der Waals surface area contributed by atoms with Gasteiger partial charge in [-0.15, -0.1) is 23.2 Å². The van der Waals surface area contributed by atoms with Gasteiger partial charge in [-0.25, -0.2) is 0 Å². The molecule has 1 saturated heterocycles. The molecule has 40 heavy (non-hydrogen) atoms. The van der Waals surface area contributed by atoms with E-state index in [0.29, 0.717) is 55.0 Å². The maximum Gasteiger partial charge on any atom is 0.251 e. The van der Waals surface area contributed by atoms with Crippen molar-refractivity contribution in [3.8, 4) is 0 Å². The lowest BCUT2D eigenvalue weighted by molar-refractivity contribution is 0.0819. The molecule has 3 aliphatic rings. The summed E-state index contributed by atoms with van der Waals surface area (Å²) in [6.45, 7) is 3.62. The van der Waals surface area contributed by atoms with Crippen LogP contribution in [0.15, 0.2) is 48.5 Å². The molecule has 0 spiro atoms. The Morgan fingerprint density at radius 1 is 1.10 bits per heavy atom. The number of rotatable bonds is 11. The molecule has 2 saturated carbocycles. The first-order chi connectivity index (χ1) is 18.8. The molecule has 5 atom stereocenters. The molecule has 6 N–H and O–H groups in total. The number of nitrogens with one attached hydrogen (secondary N) is 3. The van der Waals surface area contributed by atoms with Crippen LogP contribution in [0.25, 0.3) is 0 Å². The molecule has 10 heteroatoms. The van der Waals surface area contributed by atoms with E-state index in [0.717, 1.165) is 30.0 Å². The van der Waals surface area contributed by atoms with Crippen molar-refractivity contribution in [2.24, 2.45) is 11.8 Å². The van der Waals surface area contributed by atoms with Crippen molar-refractivity contribution >= 4 is 40.5 Å². The number of amides is 1. The standard InChI is InChI=1S/C30H44N4O4S.ClH/c1-2-31-25-17-24(18-26(19-25)34-12-6-7-13-39(34,37)38)30(36)33-28(15-21-8-4-3-5-9-21)29(35)20-32-27-16-22-10-11-23(27)14-22;/h3-5,8-9,17-19,22-23,27-29,31-32,35,37-38H,2,6-7,10-16,20H2,1H3,(H,33,36);1H/t22-,23+,27+,28+,29-;/m1./s1. The zero-order chi connectivity index (χ0) is 27.4. The van der Waals surface area contributed by atoms with Crippen molar-refractivity contribution in [2.75, 3.05) is 35.0 Å². The Hall–Kier alpha value is -2.01. The molecule has 1 aliphatic heterocycles. The van der Waals surface area contributed by atoms with Crippen LogP contribution in [0.5, 0.6) is 0 Å². The maximum atomic E-state index is 13.7. The number of carbonyl (C=O) groups excluding carboxylic acids is 1. The van der Waals surface area contributed by atoms with Crippen LogP contribution in [0, 0.1) is 11.8 Å². The molecule has 0 unspecified atom stereocenters. The second-order valence-corrected chi connectivity index (χ2v) is 13.6. The first-order valence-corrected chi connectivity index (χ1v) is 16.2. The van der Waals surface area contributed by atoms with Gasteiger partial charge >= 0.3 is 0 Å². The number of aliphatic hydroxyl groups excluding tert-OH is 1. The lowest BCUT2D eigenvalue weighted by Crippen LogP contribution is -2.50. The third kappa shape index (κ3) is 7.43. The van der Waals surface area contributed by atoms with Crippen LogP contribution in [0.1, 0.15) is 61.4 Å². The highest BCUT2D eigenvalue weighted by atomic mass is 35.5. The first-order valence-electron chi connectivity index (χ1n) is 14.5. The van der Waals surface area contributed by atoms with E-state index in [1.807, 2.05) is 43.3 Å². The van der Waals surface area contributed by atoms with Gasteiger partial charge in [0.2, 0.25) is 0 Å². The highest BCUT2D eigenvalue weighted by molar-refractivity contribution is 8.25. The van der Waals surface area contributed by atoms with Crippen LogP contribution in [-0.4, -0.2) is 63.7 Å². The van der Waals surface area contributed by atoms with Crippen LogP contribution in [-0.2, 0) is 6.42 Å². The van der Waals surface area contributed by atoms with E-state index < -0.39 is 22.9 Å². The SMILES string of the molecule is CCNc1cc(C(=O)N[C@@H](Cc2ccccc2)[C@H](O)CN[C@H]2C[C@@H]3CC[C@H]2C3)cc(N2CCCCS2(O)O)c1.Cl. The third-order valence-electron chi connectivity index (χ3n) is 8.64. The molecule has 2 bridgehead atoms. The molecule has 2 aliphatic carbocycles. The summed E-state index contributed by atoms with van der Waals surface area (Å²) >= 11 is 0. The molecule has 5 rings (SSSR count). The second kappa shape index (κ2) is 13.8. The van der Waals surface area contributed by atoms with Gasteiger partial charge in [-0.2, -0.15) is 0 Å². The van der Waals surface area contributed by atoms with E-state index in [1.54, 1.807) is 16.4 Å². The monoisotopic (exact) mass is 592 g/mol. The highest BCUT2D eigenvalue weighted by Crippen LogP contribution is 2.50. The largest absolute Gasteiger partial charge is 0.390 e. The molecular weight excluding hydrogens is 548 g/mol. The fraction of sp³-hybridized carbons (Fsp3) is 0.567. The summed E-state index contributed by atoms with van der Waals surface area (Å²) in [5.41, 5.74) is 2.84. The zero-order valence-electron chi connectivity index (χ0n) is 23.3. The number of aliphatic hydroxyl groups is 1. The van der Waals surface area contributed by atoms with Crippen LogP contribution in [0.4, 0.5) is 11.4 Å². The number of hydrogen-bond acceptors (Lipinski definition) is 7. The van der Waals surface area contributed by atoms with E-state index in [1.165, 1.54) is 25.7 Å². The molecule has 2 aromatic carbocycles. The molecule has 0 aromatic heterocycles. The Balaban J connectivity index is 0.00000370. The molecule has 0 radical (unpaired) electrons. The molecule has 2 aromatic rings. The number of anilines is 2. The molecule has 222 valence electrons. The van der Waals surface area contributed by atoms with Gasteiger partial charge in [0.25, 0.3) is 5.91 Å². The minimum Gasteiger partial charge on any atom is -0.390 e. The third-order valence-corrected chi connectivity index (χ3v) is 10.6. The summed E-state index contributed by atoms with van der Waals surface area (Å²) in [6, 6.07) is 15.3. The number of fused-ring (bicyclic) bond motifs is 2. The van der Waals surface area contributed by atoms with Gasteiger partial charge in [-0.05, 0) is 81.0 Å². The van der Waals surface area contributed by atoms with Crippen LogP contribution in [0.3, 0.4) is 0 Å². The van der Waals surface area contributed by atoms with Gasteiger partial charge < -0.3 is 21.1 Å². The van der Waals surface area contributed by atoms with Crippen LogP contribution < -0.4 is 20.3 Å². The van der Waals surface area contributed by atoms with Crippen molar-refractivity contribution in [1.29, 1.82) is 0 Å². The average Bonchev–Trinajstić information content (AvgIpc) is 3.55. The molecule has 8 nitrogen and oxygen atoms in total. The number of benzene rings is 2. The number of nitrogens with zero attached hydrogens (tertiary/aromatic N) is 1. The fourth-order valence-electron chi connectivity index (χ4n) is 6.61. The van der Waals surface area contributed by atoms with Gasteiger partial charge in [-0.1, -0.05) is 36.8 Å². The Morgan fingerprint density at radius 2 is 1.90 bits per heavy atom. The average molecular weight is 593 g/mol. The van der Waals surface area contributed by atoms with E-state index in [2.05, 4.69) is 16.0 Å². The molecular formula is C30H45ClN4O4S. The van der Waals surface area contributed by atoms with Gasteiger partial charge in [0.15, 0.2) is 0 Å². The summed E-state index contributed by atoms with van der Waals surface area (Å²) in [7, 11) is -2.92. The molecule has 1 amide bonds. The summed E-state index contributed by atoms with van der Waals surface area (Å²) < 4.78 is 23.1. The van der Waals surface area contributed by atoms with Gasteiger partial charge in [-0.3, -0.25) is 18.2 Å². The minimum atomic E-state index is -2.92. The first kappa shape index (κ1) is 30.9. The van der Waals surface area contributed by atoms with Crippen molar-refractivity contribution in [1.82, 2.24) is 10.6 Å². The van der Waals surface area contributed by atoms with Crippen molar-refractivity contribution in [3.05, 3.63) is 59.7 Å². The van der Waals surface area contributed by atoms with E-state index in [4.69, 9.17) is 0 Å². The Bertz CT molecular complexity index is 1120. The zero-order valence-corrected chi connectivity index (χ0v) is 24.9. The van der Waals surface area contributed by atoms with Gasteiger partial charge in [0, 0.05) is 36.9 Å². The van der Waals surface area contributed by atoms with Crippen molar-refractivity contribution in [3.63, 3.8) is 0 Å². The van der Waals surface area contributed by atoms with E-state index in [9.17, 15) is 19.0 Å². The predicted octanol–water partition coefficient (Wildman–Crippen LogP) is 5.29. The molecule has 3 fully saturated rings. The Morgan fingerprint density at radius 3 is 2.58 bits per heavy atom. The van der Waals surface area contributed by atoms with Crippen molar-refractivity contribution in [2.45, 2.75) is 70.1 Å².